The number of thioether (sulfide) groups is 1. The van der Waals surface area contributed by atoms with Gasteiger partial charge in [0.15, 0.2) is 11.9 Å². The molecular formula is C63H96N20O16S. The molecule has 0 saturated carbocycles. The summed E-state index contributed by atoms with van der Waals surface area (Å²) in [6.45, 7) is 3.37. The standard InChI is InChI=1S/C63H96N20O16S/c1-34(2)26-42-56(94)74-35(3)53(91)80-44(27-36-12-5-4-6-13-36)58(96)79-41(16-10-24-71-63(68)69)61(99)83-25-11-17-47(83)60(98)78-40(14-7-8-22-64)55(93)82-45(29-51(88)89)59(97)77-39(15-9-23-70-62(66)67)54(92)73-30-48(85)72-31-49(86)76-46(52(65)90)32-100-33-50(87)75-43(57(95)81-42)28-37-18-20-38(84)21-19-37/h4-6,12-13,18-21,34-35,39-47,84H,7-11,14-17,22-33,64H2,1-3H3,(H2,65,90)(H,72,85)(H,73,92)(H,74,94)(H,75,87)(H,76,86)(H,77,97)(H,78,98)(H,79,96)(H,80,91)(H,81,95)(H,82,93)(H,88,89)(H4,66,67,70)(H4,68,69,71)/t35-,39-,40-,41-,42-,43-,44-,45-,46-,47-/m0/s1. The highest BCUT2D eigenvalue weighted by Gasteiger charge is 2.41. The number of hydrogen-bond acceptors (Lipinski definition) is 19. The highest BCUT2D eigenvalue weighted by atomic mass is 32.2. The zero-order valence-corrected chi connectivity index (χ0v) is 57.0. The summed E-state index contributed by atoms with van der Waals surface area (Å²) in [6, 6.07) is -0.384. The van der Waals surface area contributed by atoms with E-state index in [1.165, 1.54) is 36.1 Å². The maximum absolute atomic E-state index is 14.9. The Balaban J connectivity index is 1.78. The van der Waals surface area contributed by atoms with Crippen LogP contribution < -0.4 is 92.9 Å². The van der Waals surface area contributed by atoms with Crippen molar-refractivity contribution < 1.29 is 77.3 Å². The summed E-state index contributed by atoms with van der Waals surface area (Å²) in [7, 11) is 0. The van der Waals surface area contributed by atoms with Crippen molar-refractivity contribution in [3.63, 3.8) is 0 Å². The van der Waals surface area contributed by atoms with Crippen LogP contribution in [0.3, 0.4) is 0 Å². The molecule has 2 heterocycles. The van der Waals surface area contributed by atoms with Crippen molar-refractivity contribution in [3.8, 4) is 5.75 Å². The van der Waals surface area contributed by atoms with E-state index in [1.54, 1.807) is 44.2 Å². The Morgan fingerprint density at radius 1 is 0.560 bits per heavy atom. The number of nitrogens with two attached hydrogens (primary N) is 6. The Hall–Kier alpha value is -10.3. The van der Waals surface area contributed by atoms with Crippen LogP contribution in [0.15, 0.2) is 64.6 Å². The van der Waals surface area contributed by atoms with Crippen molar-refractivity contribution in [2.24, 2.45) is 50.3 Å². The third kappa shape index (κ3) is 29.8. The van der Waals surface area contributed by atoms with E-state index >= 15 is 0 Å². The molecule has 100 heavy (non-hydrogen) atoms. The lowest BCUT2D eigenvalue weighted by Crippen LogP contribution is -2.60. The van der Waals surface area contributed by atoms with Gasteiger partial charge < -0.3 is 108 Å². The van der Waals surface area contributed by atoms with Crippen molar-refractivity contribution in [1.29, 1.82) is 0 Å². The number of nitrogens with one attached hydrogen (secondary N) is 11. The van der Waals surface area contributed by atoms with Crippen LogP contribution in [0.2, 0.25) is 0 Å². The molecule has 2 aliphatic heterocycles. The van der Waals surface area contributed by atoms with Crippen molar-refractivity contribution in [1.82, 2.24) is 63.4 Å². The molecule has 25 N–H and O–H groups in total. The minimum atomic E-state index is -1.91. The van der Waals surface area contributed by atoms with Gasteiger partial charge in [0.05, 0.1) is 25.3 Å². The summed E-state index contributed by atoms with van der Waals surface area (Å²) in [5.74, 6) is -15.1. The van der Waals surface area contributed by atoms with Crippen molar-refractivity contribution in [3.05, 3.63) is 65.7 Å². The van der Waals surface area contributed by atoms with E-state index in [2.05, 4.69) is 68.5 Å². The largest absolute Gasteiger partial charge is 0.508 e. The van der Waals surface area contributed by atoms with Gasteiger partial charge in [-0.05, 0) is 107 Å². The fourth-order valence-electron chi connectivity index (χ4n) is 10.5. The fourth-order valence-corrected chi connectivity index (χ4v) is 11.4. The number of carboxylic acid groups (broad SMARTS) is 1. The monoisotopic (exact) mass is 1420 g/mol. The minimum Gasteiger partial charge on any atom is -0.508 e. The van der Waals surface area contributed by atoms with Crippen molar-refractivity contribution in [2.45, 2.75) is 165 Å². The van der Waals surface area contributed by atoms with E-state index in [-0.39, 0.29) is 126 Å². The SMILES string of the molecule is CC(C)C[C@@H]1NC(=O)[C@H](Cc2ccc(O)cc2)NC(=O)CSC[C@@H](C(N)=O)NC(=O)CNC(=O)CNC(=O)[C@H](CCCN=C(N)N)NC(=O)[C@H](CC(=O)O)NC(=O)[C@H](CCCCN)NC(=O)[C@@H]2CCCN2C(=O)[C@H](CCCN=C(N)N)NC(=O)[C@H](Cc2ccccc2)NC(=O)[C@H](C)NC1=O. The van der Waals surface area contributed by atoms with Gasteiger partial charge in [-0.15, -0.1) is 11.8 Å². The molecule has 36 nitrogen and oxygen atoms in total. The first-order chi connectivity index (χ1) is 47.4. The first-order valence-electron chi connectivity index (χ1n) is 32.7. The van der Waals surface area contributed by atoms with E-state index in [0.29, 0.717) is 17.5 Å². The number of aromatic hydroxyl groups is 1. The zero-order chi connectivity index (χ0) is 74.0. The highest BCUT2D eigenvalue weighted by Crippen LogP contribution is 2.22. The number of carbonyl (C=O) groups excluding carboxylic acids is 13. The Morgan fingerprint density at radius 3 is 1.67 bits per heavy atom. The molecule has 4 rings (SSSR count). The maximum atomic E-state index is 14.9. The zero-order valence-electron chi connectivity index (χ0n) is 56.2. The minimum absolute atomic E-state index is 0.00686. The molecule has 2 fully saturated rings. The predicted octanol–water partition coefficient (Wildman–Crippen LogP) is -6.23. The van der Waals surface area contributed by atoms with Crippen LogP contribution in [0, 0.1) is 5.92 Å². The van der Waals surface area contributed by atoms with Crippen LogP contribution in [-0.2, 0) is 80.0 Å². The van der Waals surface area contributed by atoms with E-state index in [9.17, 15) is 77.3 Å². The number of amides is 13. The number of rotatable bonds is 21. The van der Waals surface area contributed by atoms with Gasteiger partial charge in [0, 0.05) is 38.2 Å². The van der Waals surface area contributed by atoms with E-state index < -0.39 is 168 Å². The number of nitrogens with zero attached hydrogens (tertiary/aromatic N) is 3. The summed E-state index contributed by atoms with van der Waals surface area (Å²) in [5.41, 5.74) is 34.6. The summed E-state index contributed by atoms with van der Waals surface area (Å²) in [6.07, 6.45) is -0.798. The number of carbonyl (C=O) groups is 14. The molecule has 2 aromatic carbocycles. The van der Waals surface area contributed by atoms with Crippen molar-refractivity contribution in [2.75, 3.05) is 50.8 Å². The van der Waals surface area contributed by atoms with E-state index in [0.717, 1.165) is 11.8 Å². The number of phenols is 1. The van der Waals surface area contributed by atoms with Gasteiger partial charge in [0.1, 0.15) is 66.2 Å². The molecule has 2 saturated heterocycles. The third-order valence-electron chi connectivity index (χ3n) is 15.7. The number of guanidine groups is 2. The van der Waals surface area contributed by atoms with Gasteiger partial charge in [-0.1, -0.05) is 56.3 Å². The Bertz CT molecular complexity index is 3230. The first kappa shape index (κ1) is 82.1. The van der Waals surface area contributed by atoms with Crippen LogP contribution in [0.4, 0.5) is 0 Å². The lowest BCUT2D eigenvalue weighted by molar-refractivity contribution is -0.143. The number of hydrogen-bond donors (Lipinski definition) is 19. The number of unbranched alkanes of at least 4 members (excludes halogenated alkanes) is 1. The van der Waals surface area contributed by atoms with Crippen LogP contribution in [-0.4, -0.2) is 221 Å². The van der Waals surface area contributed by atoms with Gasteiger partial charge in [0.2, 0.25) is 76.8 Å². The molecule has 2 aliphatic rings. The molecule has 0 unspecified atom stereocenters. The lowest BCUT2D eigenvalue weighted by Gasteiger charge is -2.31. The van der Waals surface area contributed by atoms with Crippen LogP contribution >= 0.6 is 11.8 Å². The average Bonchev–Trinajstić information content (AvgIpc) is 1.61. The number of aliphatic imine (C=N–C) groups is 2. The second-order valence-corrected chi connectivity index (χ2v) is 25.4. The third-order valence-corrected chi connectivity index (χ3v) is 16.7. The molecule has 0 spiro atoms. The number of carboxylic acids is 1. The summed E-state index contributed by atoms with van der Waals surface area (Å²) >= 11 is 0.823. The van der Waals surface area contributed by atoms with Crippen LogP contribution in [0.5, 0.6) is 5.75 Å². The van der Waals surface area contributed by atoms with Crippen molar-refractivity contribution >= 4 is 106 Å². The van der Waals surface area contributed by atoms with E-state index in [1.807, 2.05) is 0 Å². The Labute approximate surface area is 582 Å². The summed E-state index contributed by atoms with van der Waals surface area (Å²) in [4.78, 5) is 203. The molecule has 37 heteroatoms. The topological polar surface area (TPSA) is 596 Å². The Kier molecular flexibility index (Phi) is 34.9. The van der Waals surface area contributed by atoms with Gasteiger partial charge in [-0.2, -0.15) is 0 Å². The lowest BCUT2D eigenvalue weighted by atomic mass is 10.0. The molecule has 13 amide bonds. The smallest absolute Gasteiger partial charge is 0.305 e. The molecule has 0 bridgehead atoms. The number of fused-ring (bicyclic) bond motifs is 1. The van der Waals surface area contributed by atoms with Crippen LogP contribution in [0.25, 0.3) is 0 Å². The van der Waals surface area contributed by atoms with Gasteiger partial charge in [-0.25, -0.2) is 0 Å². The second kappa shape index (κ2) is 42.5. The number of benzene rings is 2. The first-order valence-corrected chi connectivity index (χ1v) is 33.9. The number of aliphatic carboxylic acids is 1. The normalized spacial score (nSPS) is 23.8. The van der Waals surface area contributed by atoms with Gasteiger partial charge >= 0.3 is 5.97 Å². The van der Waals surface area contributed by atoms with Crippen LogP contribution in [0.1, 0.15) is 103 Å². The maximum Gasteiger partial charge on any atom is 0.305 e. The van der Waals surface area contributed by atoms with E-state index in [4.69, 9.17) is 34.4 Å². The molecule has 10 atom stereocenters. The summed E-state index contributed by atoms with van der Waals surface area (Å²) in [5, 5.41) is 47.7. The Morgan fingerprint density at radius 2 is 1.07 bits per heavy atom. The number of primary amides is 1. The molecule has 2 aromatic rings. The van der Waals surface area contributed by atoms with Gasteiger partial charge in [0.25, 0.3) is 0 Å². The molecule has 0 aromatic heterocycles. The van der Waals surface area contributed by atoms with Gasteiger partial charge in [-0.3, -0.25) is 77.1 Å². The fraction of sp³-hybridized carbons (Fsp3) is 0.556. The average molecular weight is 1420 g/mol. The highest BCUT2D eigenvalue weighted by molar-refractivity contribution is 8.00. The predicted molar refractivity (Wildman–Crippen MR) is 367 cm³/mol. The second-order valence-electron chi connectivity index (χ2n) is 24.4. The molecule has 550 valence electrons. The number of phenolic OH excluding ortho intramolecular Hbond substituents is 1. The summed E-state index contributed by atoms with van der Waals surface area (Å²) < 4.78 is 0. The molecule has 0 radical (unpaired) electrons. The molecule has 0 aliphatic carbocycles. The quantitative estimate of drug-likeness (QED) is 0.0314. The molecular weight excluding hydrogens is 1320 g/mol.